The van der Waals surface area contributed by atoms with Crippen LogP contribution in [0.2, 0.25) is 0 Å². The number of H-pyrrole nitrogens is 1. The molecule has 2 amide bonds. The Balaban J connectivity index is 1.54. The number of likely N-dealkylation sites (tertiary alicyclic amines) is 1. The SMILES string of the molecule is Cc1cccc(NC(=O)N2CCCCC2c2nc(-c3cccnc3)n[nH]2)c1. The summed E-state index contributed by atoms with van der Waals surface area (Å²) in [6, 6.07) is 11.4. The molecule has 1 unspecified atom stereocenters. The molecule has 3 aromatic rings. The fraction of sp³-hybridized carbons (Fsp3) is 0.300. The highest BCUT2D eigenvalue weighted by Gasteiger charge is 2.30. The zero-order chi connectivity index (χ0) is 18.6. The number of pyridine rings is 1. The number of carbonyl (C=O) groups is 1. The minimum Gasteiger partial charge on any atom is -0.314 e. The van der Waals surface area contributed by atoms with Crippen LogP contribution in [0.25, 0.3) is 11.4 Å². The smallest absolute Gasteiger partial charge is 0.314 e. The summed E-state index contributed by atoms with van der Waals surface area (Å²) in [5, 5.41) is 10.3. The molecule has 3 heterocycles. The number of aromatic amines is 1. The van der Waals surface area contributed by atoms with Crippen molar-refractivity contribution >= 4 is 11.7 Å². The molecule has 1 atom stereocenters. The molecule has 4 rings (SSSR count). The van der Waals surface area contributed by atoms with E-state index in [1.807, 2.05) is 48.2 Å². The van der Waals surface area contributed by atoms with Crippen molar-refractivity contribution in [2.24, 2.45) is 0 Å². The number of aryl methyl sites for hydroxylation is 1. The number of nitrogens with zero attached hydrogens (tertiary/aromatic N) is 4. The van der Waals surface area contributed by atoms with Gasteiger partial charge in [-0.2, -0.15) is 5.10 Å². The van der Waals surface area contributed by atoms with Crippen molar-refractivity contribution in [3.63, 3.8) is 0 Å². The van der Waals surface area contributed by atoms with E-state index in [-0.39, 0.29) is 12.1 Å². The average Bonchev–Trinajstić information content (AvgIpc) is 3.19. The minimum absolute atomic E-state index is 0.107. The molecule has 0 saturated carbocycles. The van der Waals surface area contributed by atoms with E-state index in [4.69, 9.17) is 0 Å². The zero-order valence-electron chi connectivity index (χ0n) is 15.2. The lowest BCUT2D eigenvalue weighted by Crippen LogP contribution is -2.41. The van der Waals surface area contributed by atoms with E-state index >= 15 is 0 Å². The lowest BCUT2D eigenvalue weighted by atomic mass is 10.0. The maximum Gasteiger partial charge on any atom is 0.322 e. The first-order chi connectivity index (χ1) is 13.2. The number of hydrogen-bond donors (Lipinski definition) is 2. The van der Waals surface area contributed by atoms with Crippen molar-refractivity contribution < 1.29 is 4.79 Å². The second-order valence-corrected chi connectivity index (χ2v) is 6.79. The van der Waals surface area contributed by atoms with Crippen LogP contribution < -0.4 is 5.32 Å². The number of urea groups is 1. The van der Waals surface area contributed by atoms with Crippen molar-refractivity contribution in [1.29, 1.82) is 0 Å². The molecule has 1 aliphatic heterocycles. The summed E-state index contributed by atoms with van der Waals surface area (Å²) in [6.07, 6.45) is 6.36. The van der Waals surface area contributed by atoms with Gasteiger partial charge in [0.1, 0.15) is 5.82 Å². The number of aromatic nitrogens is 4. The second kappa shape index (κ2) is 7.57. The van der Waals surface area contributed by atoms with Crippen LogP contribution in [0, 0.1) is 6.92 Å². The van der Waals surface area contributed by atoms with Gasteiger partial charge in [0.05, 0.1) is 6.04 Å². The van der Waals surface area contributed by atoms with E-state index in [0.29, 0.717) is 18.2 Å². The Hall–Kier alpha value is -3.22. The van der Waals surface area contributed by atoms with Crippen LogP contribution in [0.15, 0.2) is 48.8 Å². The van der Waals surface area contributed by atoms with Crippen molar-refractivity contribution in [2.75, 3.05) is 11.9 Å². The van der Waals surface area contributed by atoms with Gasteiger partial charge in [-0.15, -0.1) is 0 Å². The molecule has 0 spiro atoms. The highest BCUT2D eigenvalue weighted by Crippen LogP contribution is 2.30. The van der Waals surface area contributed by atoms with Crippen molar-refractivity contribution in [1.82, 2.24) is 25.1 Å². The maximum absolute atomic E-state index is 12.9. The van der Waals surface area contributed by atoms with E-state index in [2.05, 4.69) is 25.5 Å². The molecule has 1 aromatic carbocycles. The fourth-order valence-corrected chi connectivity index (χ4v) is 3.42. The molecule has 1 fully saturated rings. The Morgan fingerprint density at radius 1 is 1.26 bits per heavy atom. The van der Waals surface area contributed by atoms with Crippen molar-refractivity contribution in [3.8, 4) is 11.4 Å². The van der Waals surface area contributed by atoms with Gasteiger partial charge in [-0.25, -0.2) is 9.78 Å². The number of piperidine rings is 1. The molecule has 0 bridgehead atoms. The molecule has 1 aliphatic rings. The average molecular weight is 362 g/mol. The van der Waals surface area contributed by atoms with Gasteiger partial charge in [-0.3, -0.25) is 10.1 Å². The van der Waals surface area contributed by atoms with Crippen LogP contribution in [0.3, 0.4) is 0 Å². The number of carbonyl (C=O) groups excluding carboxylic acids is 1. The van der Waals surface area contributed by atoms with Gasteiger partial charge < -0.3 is 10.2 Å². The number of benzene rings is 1. The second-order valence-electron chi connectivity index (χ2n) is 6.79. The minimum atomic E-state index is -0.110. The van der Waals surface area contributed by atoms with Crippen LogP contribution in [-0.2, 0) is 0 Å². The molecule has 138 valence electrons. The van der Waals surface area contributed by atoms with Gasteiger partial charge in [0.15, 0.2) is 5.82 Å². The fourth-order valence-electron chi connectivity index (χ4n) is 3.42. The Morgan fingerprint density at radius 2 is 2.19 bits per heavy atom. The summed E-state index contributed by atoms with van der Waals surface area (Å²) >= 11 is 0. The summed E-state index contributed by atoms with van der Waals surface area (Å²) in [7, 11) is 0. The van der Waals surface area contributed by atoms with Crippen molar-refractivity contribution in [2.45, 2.75) is 32.2 Å². The molecule has 7 heteroatoms. The number of nitrogens with one attached hydrogen (secondary N) is 2. The van der Waals surface area contributed by atoms with Gasteiger partial charge in [0.25, 0.3) is 0 Å². The van der Waals surface area contributed by atoms with Gasteiger partial charge in [-0.1, -0.05) is 12.1 Å². The Labute approximate surface area is 157 Å². The molecule has 2 N–H and O–H groups in total. The van der Waals surface area contributed by atoms with E-state index < -0.39 is 0 Å². The third kappa shape index (κ3) is 3.81. The first-order valence-corrected chi connectivity index (χ1v) is 9.18. The summed E-state index contributed by atoms with van der Waals surface area (Å²) in [6.45, 7) is 2.71. The predicted octanol–water partition coefficient (Wildman–Crippen LogP) is 3.93. The van der Waals surface area contributed by atoms with Crippen LogP contribution >= 0.6 is 0 Å². The highest BCUT2D eigenvalue weighted by atomic mass is 16.2. The molecule has 0 aliphatic carbocycles. The molecule has 7 nitrogen and oxygen atoms in total. The molecule has 0 radical (unpaired) electrons. The molecule has 2 aromatic heterocycles. The number of rotatable bonds is 3. The standard InChI is InChI=1S/C20H22N6O/c1-14-6-4-8-16(12-14)22-20(27)26-11-3-2-9-17(26)19-23-18(24-25-19)15-7-5-10-21-13-15/h4-8,10,12-13,17H,2-3,9,11H2,1H3,(H,22,27)(H,23,24,25). The summed E-state index contributed by atoms with van der Waals surface area (Å²) in [4.78, 5) is 23.5. The van der Waals surface area contributed by atoms with E-state index in [1.165, 1.54) is 0 Å². The Kier molecular flexibility index (Phi) is 4.82. The van der Waals surface area contributed by atoms with Crippen LogP contribution in [0.4, 0.5) is 10.5 Å². The predicted molar refractivity (Wildman–Crippen MR) is 103 cm³/mol. The highest BCUT2D eigenvalue weighted by molar-refractivity contribution is 5.89. The summed E-state index contributed by atoms with van der Waals surface area (Å²) < 4.78 is 0. The normalized spacial score (nSPS) is 16.9. The number of amides is 2. The largest absolute Gasteiger partial charge is 0.322 e. The molecular formula is C20H22N6O. The van der Waals surface area contributed by atoms with Crippen LogP contribution in [0.5, 0.6) is 0 Å². The lowest BCUT2D eigenvalue weighted by molar-refractivity contribution is 0.159. The zero-order valence-corrected chi connectivity index (χ0v) is 15.2. The van der Waals surface area contributed by atoms with Crippen LogP contribution in [-0.4, -0.2) is 37.6 Å². The molecule has 27 heavy (non-hydrogen) atoms. The first kappa shape index (κ1) is 17.2. The number of anilines is 1. The van der Waals surface area contributed by atoms with Gasteiger partial charge in [0.2, 0.25) is 0 Å². The molecule has 1 saturated heterocycles. The summed E-state index contributed by atoms with van der Waals surface area (Å²) in [5.74, 6) is 1.32. The quantitative estimate of drug-likeness (QED) is 0.739. The lowest BCUT2D eigenvalue weighted by Gasteiger charge is -2.34. The van der Waals surface area contributed by atoms with Gasteiger partial charge >= 0.3 is 6.03 Å². The Morgan fingerprint density at radius 3 is 3.00 bits per heavy atom. The van der Waals surface area contributed by atoms with E-state index in [9.17, 15) is 4.79 Å². The summed E-state index contributed by atoms with van der Waals surface area (Å²) in [5.41, 5.74) is 2.77. The van der Waals surface area contributed by atoms with Crippen molar-refractivity contribution in [3.05, 3.63) is 60.2 Å². The van der Waals surface area contributed by atoms with Gasteiger partial charge in [-0.05, 0) is 56.0 Å². The third-order valence-electron chi connectivity index (χ3n) is 4.77. The topological polar surface area (TPSA) is 86.8 Å². The first-order valence-electron chi connectivity index (χ1n) is 9.18. The van der Waals surface area contributed by atoms with Gasteiger partial charge in [0, 0.05) is 30.2 Å². The third-order valence-corrected chi connectivity index (χ3v) is 4.77. The monoisotopic (exact) mass is 362 g/mol. The molecular weight excluding hydrogens is 340 g/mol. The number of hydrogen-bond acceptors (Lipinski definition) is 4. The van der Waals surface area contributed by atoms with E-state index in [1.54, 1.807) is 12.4 Å². The Bertz CT molecular complexity index is 923. The van der Waals surface area contributed by atoms with Crippen LogP contribution in [0.1, 0.15) is 36.7 Å². The maximum atomic E-state index is 12.9. The van der Waals surface area contributed by atoms with E-state index in [0.717, 1.165) is 36.1 Å².